The Morgan fingerprint density at radius 1 is 0.917 bits per heavy atom. The van der Waals surface area contributed by atoms with Crippen LogP contribution in [0.15, 0.2) is 60.2 Å². The third-order valence-electron chi connectivity index (χ3n) is 7.54. The second kappa shape index (κ2) is 10.3. The topological polar surface area (TPSA) is 71.0 Å². The van der Waals surface area contributed by atoms with Crippen molar-refractivity contribution in [1.29, 1.82) is 0 Å². The van der Waals surface area contributed by atoms with Gasteiger partial charge < -0.3 is 10.2 Å². The minimum atomic E-state index is 0.242. The van der Waals surface area contributed by atoms with E-state index in [4.69, 9.17) is 9.97 Å². The highest BCUT2D eigenvalue weighted by Crippen LogP contribution is 2.39. The maximum atomic E-state index is 13.0. The first kappa shape index (κ1) is 23.1. The number of carbonyl (C=O) groups excluding carboxylic acids is 1. The third-order valence-corrected chi connectivity index (χ3v) is 8.41. The number of amides is 1. The van der Waals surface area contributed by atoms with Gasteiger partial charge in [-0.1, -0.05) is 49.6 Å². The predicted molar refractivity (Wildman–Crippen MR) is 146 cm³/mol. The summed E-state index contributed by atoms with van der Waals surface area (Å²) in [6, 6.07) is 14.6. The van der Waals surface area contributed by atoms with Crippen molar-refractivity contribution >= 4 is 33.3 Å². The Labute approximate surface area is 215 Å². The highest BCUT2D eigenvalue weighted by molar-refractivity contribution is 7.17. The van der Waals surface area contributed by atoms with Gasteiger partial charge in [0.1, 0.15) is 10.6 Å². The molecule has 4 aromatic rings. The number of anilines is 1. The molecular weight excluding hydrogens is 466 g/mol. The molecule has 0 radical (unpaired) electrons. The zero-order valence-electron chi connectivity index (χ0n) is 20.4. The van der Waals surface area contributed by atoms with Crippen LogP contribution in [-0.4, -0.2) is 44.9 Å². The number of benzene rings is 1. The molecule has 6 rings (SSSR count). The molecule has 6 nitrogen and oxygen atoms in total. The number of carbonyl (C=O) groups is 1. The number of thiophene rings is 1. The van der Waals surface area contributed by atoms with Crippen molar-refractivity contribution in [3.8, 4) is 22.5 Å². The number of pyridine rings is 1. The molecule has 4 heterocycles. The van der Waals surface area contributed by atoms with Crippen molar-refractivity contribution in [3.05, 3.63) is 60.2 Å². The fourth-order valence-electron chi connectivity index (χ4n) is 5.55. The Bertz CT molecular complexity index is 1330. The molecule has 36 heavy (non-hydrogen) atoms. The van der Waals surface area contributed by atoms with Crippen LogP contribution in [0.1, 0.15) is 44.9 Å². The molecule has 0 spiro atoms. The zero-order chi connectivity index (χ0) is 24.3. The summed E-state index contributed by atoms with van der Waals surface area (Å²) in [7, 11) is 0. The van der Waals surface area contributed by atoms with Crippen molar-refractivity contribution in [2.24, 2.45) is 5.92 Å². The van der Waals surface area contributed by atoms with Gasteiger partial charge in [-0.05, 0) is 43.4 Å². The number of fused-ring (bicyclic) bond motifs is 1. The molecular formula is C29H31N5OS. The molecule has 2 aliphatic rings. The maximum absolute atomic E-state index is 13.0. The van der Waals surface area contributed by atoms with Crippen molar-refractivity contribution < 1.29 is 4.79 Å². The molecule has 7 heteroatoms. The number of rotatable bonds is 5. The first-order valence-corrected chi connectivity index (χ1v) is 13.9. The Morgan fingerprint density at radius 3 is 2.44 bits per heavy atom. The largest absolute Gasteiger partial charge is 0.367 e. The van der Waals surface area contributed by atoms with Gasteiger partial charge in [-0.25, -0.2) is 9.97 Å². The van der Waals surface area contributed by atoms with Crippen LogP contribution in [0.3, 0.4) is 0 Å². The number of hydrogen-bond donors (Lipinski definition) is 1. The molecule has 1 N–H and O–H groups in total. The van der Waals surface area contributed by atoms with E-state index >= 15 is 0 Å². The lowest BCUT2D eigenvalue weighted by Crippen LogP contribution is -2.45. The van der Waals surface area contributed by atoms with Crippen LogP contribution in [0.4, 0.5) is 5.82 Å². The fourth-order valence-corrected chi connectivity index (χ4v) is 6.49. The average molecular weight is 498 g/mol. The van der Waals surface area contributed by atoms with E-state index in [1.165, 1.54) is 19.3 Å². The maximum Gasteiger partial charge on any atom is 0.225 e. The normalized spacial score (nSPS) is 17.4. The SMILES string of the molecule is O=C(C1CCCCC1)N1CCC(Nc2nc(-c3cccnc3)nc3scc(-c4ccccc4)c23)CC1. The van der Waals surface area contributed by atoms with E-state index in [-0.39, 0.29) is 12.0 Å². The van der Waals surface area contributed by atoms with Crippen LogP contribution in [-0.2, 0) is 4.79 Å². The smallest absolute Gasteiger partial charge is 0.225 e. The minimum absolute atomic E-state index is 0.242. The molecule has 1 saturated carbocycles. The van der Waals surface area contributed by atoms with Crippen molar-refractivity contribution in [3.63, 3.8) is 0 Å². The quantitative estimate of drug-likeness (QED) is 0.345. The van der Waals surface area contributed by atoms with Gasteiger partial charge in [-0.3, -0.25) is 9.78 Å². The monoisotopic (exact) mass is 497 g/mol. The van der Waals surface area contributed by atoms with Gasteiger partial charge >= 0.3 is 0 Å². The van der Waals surface area contributed by atoms with Crippen LogP contribution >= 0.6 is 11.3 Å². The first-order valence-electron chi connectivity index (χ1n) is 13.1. The Balaban J connectivity index is 1.27. The molecule has 1 aliphatic carbocycles. The molecule has 0 unspecified atom stereocenters. The molecule has 0 bridgehead atoms. The molecule has 1 aliphatic heterocycles. The van der Waals surface area contributed by atoms with Gasteiger partial charge in [0.25, 0.3) is 0 Å². The fraction of sp³-hybridized carbons (Fsp3) is 0.379. The summed E-state index contributed by atoms with van der Waals surface area (Å²) in [5.74, 6) is 2.17. The van der Waals surface area contributed by atoms with Gasteiger partial charge in [0.15, 0.2) is 5.82 Å². The van der Waals surface area contributed by atoms with E-state index in [0.717, 1.165) is 71.5 Å². The third kappa shape index (κ3) is 4.72. The molecule has 184 valence electrons. The summed E-state index contributed by atoms with van der Waals surface area (Å²) in [6.07, 6.45) is 11.2. The lowest BCUT2D eigenvalue weighted by molar-refractivity contribution is -0.137. The lowest BCUT2D eigenvalue weighted by atomic mass is 9.87. The Hall–Kier alpha value is -3.32. The van der Waals surface area contributed by atoms with Gasteiger partial charge in [0.05, 0.1) is 5.39 Å². The summed E-state index contributed by atoms with van der Waals surface area (Å²) < 4.78 is 0. The van der Waals surface area contributed by atoms with Crippen molar-refractivity contribution in [1.82, 2.24) is 19.9 Å². The van der Waals surface area contributed by atoms with Crippen LogP contribution in [0.5, 0.6) is 0 Å². The molecule has 3 aromatic heterocycles. The zero-order valence-corrected chi connectivity index (χ0v) is 21.2. The molecule has 2 fully saturated rings. The first-order chi connectivity index (χ1) is 17.8. The van der Waals surface area contributed by atoms with Gasteiger partial charge in [0, 0.05) is 53.9 Å². The molecule has 1 amide bonds. The number of piperidine rings is 1. The lowest BCUT2D eigenvalue weighted by Gasteiger charge is -2.35. The van der Waals surface area contributed by atoms with Gasteiger partial charge in [0.2, 0.25) is 5.91 Å². The van der Waals surface area contributed by atoms with E-state index in [9.17, 15) is 4.79 Å². The van der Waals surface area contributed by atoms with Crippen molar-refractivity contribution in [2.45, 2.75) is 51.0 Å². The van der Waals surface area contributed by atoms with Crippen LogP contribution in [0.2, 0.25) is 0 Å². The van der Waals surface area contributed by atoms with E-state index in [2.05, 4.69) is 44.8 Å². The summed E-state index contributed by atoms with van der Waals surface area (Å²) in [5.41, 5.74) is 3.23. The second-order valence-electron chi connectivity index (χ2n) is 9.91. The number of hydrogen-bond acceptors (Lipinski definition) is 6. The number of aromatic nitrogens is 3. The van der Waals surface area contributed by atoms with E-state index in [1.54, 1.807) is 17.5 Å². The average Bonchev–Trinajstić information content (AvgIpc) is 3.39. The van der Waals surface area contributed by atoms with E-state index < -0.39 is 0 Å². The summed E-state index contributed by atoms with van der Waals surface area (Å²) in [6.45, 7) is 1.62. The standard InChI is InChI=1S/C29H31N5OS/c35-29(21-10-5-2-6-11-21)34-16-13-23(14-17-34)31-27-25-24(20-8-3-1-4-9-20)19-36-28(25)33-26(32-27)22-12-7-15-30-18-22/h1,3-4,7-9,12,15,18-19,21,23H,2,5-6,10-11,13-14,16-17H2,(H,31,32,33). The number of nitrogens with one attached hydrogen (secondary N) is 1. The van der Waals surface area contributed by atoms with Crippen LogP contribution in [0.25, 0.3) is 32.7 Å². The highest BCUT2D eigenvalue weighted by atomic mass is 32.1. The predicted octanol–water partition coefficient (Wildman–Crippen LogP) is 6.40. The molecule has 1 aromatic carbocycles. The van der Waals surface area contributed by atoms with Crippen LogP contribution in [0, 0.1) is 5.92 Å². The Kier molecular flexibility index (Phi) is 6.64. The summed E-state index contributed by atoms with van der Waals surface area (Å²) >= 11 is 1.65. The van der Waals surface area contributed by atoms with Gasteiger partial charge in [-0.15, -0.1) is 11.3 Å². The van der Waals surface area contributed by atoms with Gasteiger partial charge in [-0.2, -0.15) is 0 Å². The number of nitrogens with zero attached hydrogens (tertiary/aromatic N) is 4. The number of likely N-dealkylation sites (tertiary alicyclic amines) is 1. The molecule has 0 atom stereocenters. The van der Waals surface area contributed by atoms with E-state index in [0.29, 0.717) is 11.7 Å². The minimum Gasteiger partial charge on any atom is -0.367 e. The van der Waals surface area contributed by atoms with Crippen molar-refractivity contribution in [2.75, 3.05) is 18.4 Å². The summed E-state index contributed by atoms with van der Waals surface area (Å²) in [4.78, 5) is 30.3. The van der Waals surface area contributed by atoms with E-state index in [1.807, 2.05) is 24.4 Å². The second-order valence-corrected chi connectivity index (χ2v) is 10.8. The Morgan fingerprint density at radius 2 is 1.69 bits per heavy atom. The highest BCUT2D eigenvalue weighted by Gasteiger charge is 2.29. The van der Waals surface area contributed by atoms with Crippen LogP contribution < -0.4 is 5.32 Å². The molecule has 1 saturated heterocycles. The summed E-state index contributed by atoms with van der Waals surface area (Å²) in [5, 5.41) is 7.01.